The average molecular weight is 333 g/mol. The van der Waals surface area contributed by atoms with E-state index in [9.17, 15) is 17.6 Å². The smallest absolute Gasteiger partial charge is 0.382 e. The molecular formula is C17H11F4N3. The van der Waals surface area contributed by atoms with Crippen molar-refractivity contribution in [1.82, 2.24) is 9.97 Å². The van der Waals surface area contributed by atoms with E-state index < -0.39 is 17.6 Å². The zero-order valence-electron chi connectivity index (χ0n) is 12.2. The summed E-state index contributed by atoms with van der Waals surface area (Å²) in [6.45, 7) is 0. The van der Waals surface area contributed by atoms with Crippen LogP contribution in [0.5, 0.6) is 0 Å². The molecule has 7 heteroatoms. The highest BCUT2D eigenvalue weighted by Gasteiger charge is 2.29. The highest BCUT2D eigenvalue weighted by atomic mass is 19.4. The van der Waals surface area contributed by atoms with Gasteiger partial charge in [0.1, 0.15) is 11.6 Å². The van der Waals surface area contributed by atoms with Crippen molar-refractivity contribution in [2.24, 2.45) is 0 Å². The van der Waals surface area contributed by atoms with Crippen LogP contribution in [0.25, 0.3) is 22.4 Å². The third kappa shape index (κ3) is 3.19. The Bertz CT molecular complexity index is 856. The van der Waals surface area contributed by atoms with E-state index in [1.807, 2.05) is 0 Å². The zero-order chi connectivity index (χ0) is 17.3. The molecule has 0 aliphatic carbocycles. The van der Waals surface area contributed by atoms with Crippen LogP contribution in [-0.4, -0.2) is 9.97 Å². The number of hydrogen-bond acceptors (Lipinski definition) is 3. The van der Waals surface area contributed by atoms with Crippen molar-refractivity contribution in [2.75, 3.05) is 5.73 Å². The maximum atomic E-state index is 14.3. The van der Waals surface area contributed by atoms with E-state index in [1.165, 1.54) is 36.7 Å². The van der Waals surface area contributed by atoms with Crippen molar-refractivity contribution in [1.29, 1.82) is 0 Å². The van der Waals surface area contributed by atoms with Crippen LogP contribution in [0.15, 0.2) is 54.9 Å². The Labute approximate surface area is 134 Å². The van der Waals surface area contributed by atoms with Crippen LogP contribution in [0.4, 0.5) is 23.4 Å². The van der Waals surface area contributed by atoms with E-state index in [1.54, 1.807) is 6.07 Å². The van der Waals surface area contributed by atoms with Crippen LogP contribution in [-0.2, 0) is 6.18 Å². The van der Waals surface area contributed by atoms with Gasteiger partial charge in [0.05, 0.1) is 23.7 Å². The van der Waals surface area contributed by atoms with Gasteiger partial charge in [0.2, 0.25) is 0 Å². The lowest BCUT2D eigenvalue weighted by molar-refractivity contribution is -0.137. The monoisotopic (exact) mass is 333 g/mol. The number of anilines is 1. The van der Waals surface area contributed by atoms with E-state index in [0.717, 1.165) is 12.1 Å². The Morgan fingerprint density at radius 3 is 2.04 bits per heavy atom. The van der Waals surface area contributed by atoms with Gasteiger partial charge in [0.25, 0.3) is 0 Å². The van der Waals surface area contributed by atoms with Crippen molar-refractivity contribution < 1.29 is 17.6 Å². The number of nitrogen functional groups attached to an aromatic ring is 1. The summed E-state index contributed by atoms with van der Waals surface area (Å²) >= 11 is 0. The number of hydrogen-bond donors (Lipinski definition) is 1. The first-order valence-electron chi connectivity index (χ1n) is 6.89. The van der Waals surface area contributed by atoms with Gasteiger partial charge in [-0.05, 0) is 35.4 Å². The predicted octanol–water partition coefficient (Wildman–Crippen LogP) is 4.55. The highest BCUT2D eigenvalue weighted by Crippen LogP contribution is 2.32. The Morgan fingerprint density at radius 2 is 1.50 bits per heavy atom. The summed E-state index contributed by atoms with van der Waals surface area (Å²) in [5, 5.41) is 0. The Hall–Kier alpha value is -2.96. The van der Waals surface area contributed by atoms with E-state index in [-0.39, 0.29) is 11.4 Å². The van der Waals surface area contributed by atoms with Crippen LogP contribution in [0.2, 0.25) is 0 Å². The lowest BCUT2D eigenvalue weighted by Gasteiger charge is -2.09. The van der Waals surface area contributed by atoms with Gasteiger partial charge in [-0.1, -0.05) is 18.2 Å². The standard InChI is InChI=1S/C17H11F4N3/c18-14-7-11(10-1-4-12(5-2-10)17(19,20)21)3-6-13(14)15-8-24-16(22)9-23-15/h1-9H,(H2,22,24). The number of benzene rings is 2. The van der Waals surface area contributed by atoms with Crippen molar-refractivity contribution >= 4 is 5.82 Å². The molecule has 0 saturated carbocycles. The fourth-order valence-corrected chi connectivity index (χ4v) is 2.23. The molecule has 24 heavy (non-hydrogen) atoms. The quantitative estimate of drug-likeness (QED) is 0.700. The fraction of sp³-hybridized carbons (Fsp3) is 0.0588. The van der Waals surface area contributed by atoms with Crippen LogP contribution in [0.3, 0.4) is 0 Å². The SMILES string of the molecule is Nc1cnc(-c2ccc(-c3ccc(C(F)(F)F)cc3)cc2F)cn1. The van der Waals surface area contributed by atoms with Crippen LogP contribution in [0, 0.1) is 5.82 Å². The summed E-state index contributed by atoms with van der Waals surface area (Å²) < 4.78 is 52.0. The van der Waals surface area contributed by atoms with Crippen molar-refractivity contribution in [2.45, 2.75) is 6.18 Å². The summed E-state index contributed by atoms with van der Waals surface area (Å²) in [6.07, 6.45) is -1.73. The highest BCUT2D eigenvalue weighted by molar-refractivity contribution is 5.69. The largest absolute Gasteiger partial charge is 0.416 e. The van der Waals surface area contributed by atoms with Gasteiger partial charge in [-0.3, -0.25) is 4.98 Å². The Kier molecular flexibility index (Phi) is 3.92. The second-order valence-corrected chi connectivity index (χ2v) is 5.10. The van der Waals surface area contributed by atoms with E-state index >= 15 is 0 Å². The molecule has 0 unspecified atom stereocenters. The predicted molar refractivity (Wildman–Crippen MR) is 82.3 cm³/mol. The first-order chi connectivity index (χ1) is 11.3. The van der Waals surface area contributed by atoms with E-state index in [4.69, 9.17) is 5.73 Å². The van der Waals surface area contributed by atoms with Gasteiger partial charge in [0.15, 0.2) is 0 Å². The molecule has 1 aromatic heterocycles. The van der Waals surface area contributed by atoms with Gasteiger partial charge >= 0.3 is 6.18 Å². The van der Waals surface area contributed by atoms with Crippen LogP contribution >= 0.6 is 0 Å². The molecule has 3 aromatic rings. The molecule has 122 valence electrons. The molecular weight excluding hydrogens is 322 g/mol. The molecule has 2 aromatic carbocycles. The number of aromatic nitrogens is 2. The Morgan fingerprint density at radius 1 is 0.833 bits per heavy atom. The maximum absolute atomic E-state index is 14.3. The molecule has 0 amide bonds. The second kappa shape index (κ2) is 5.92. The summed E-state index contributed by atoms with van der Waals surface area (Å²) in [5.74, 6) is -0.327. The Balaban J connectivity index is 1.93. The van der Waals surface area contributed by atoms with Crippen LogP contribution in [0.1, 0.15) is 5.56 Å². The normalized spacial score (nSPS) is 11.5. The third-order valence-electron chi connectivity index (χ3n) is 3.46. The summed E-state index contributed by atoms with van der Waals surface area (Å²) in [7, 11) is 0. The van der Waals surface area contributed by atoms with Crippen LogP contribution < -0.4 is 5.73 Å². The summed E-state index contributed by atoms with van der Waals surface area (Å²) in [4.78, 5) is 7.85. The molecule has 0 aliphatic rings. The van der Waals surface area contributed by atoms with Gasteiger partial charge < -0.3 is 5.73 Å². The van der Waals surface area contributed by atoms with Crippen molar-refractivity contribution in [3.8, 4) is 22.4 Å². The zero-order valence-corrected chi connectivity index (χ0v) is 12.2. The second-order valence-electron chi connectivity index (χ2n) is 5.10. The third-order valence-corrected chi connectivity index (χ3v) is 3.46. The number of alkyl halides is 3. The minimum Gasteiger partial charge on any atom is -0.382 e. The lowest BCUT2D eigenvalue weighted by atomic mass is 10.0. The van der Waals surface area contributed by atoms with Gasteiger partial charge in [-0.2, -0.15) is 13.2 Å². The first-order valence-corrected chi connectivity index (χ1v) is 6.89. The molecule has 3 nitrogen and oxygen atoms in total. The number of nitrogens with zero attached hydrogens (tertiary/aromatic N) is 2. The van der Waals surface area contributed by atoms with Crippen molar-refractivity contribution in [3.05, 3.63) is 66.2 Å². The number of rotatable bonds is 2. The van der Waals surface area contributed by atoms with Crippen molar-refractivity contribution in [3.63, 3.8) is 0 Å². The molecule has 1 heterocycles. The minimum absolute atomic E-state index is 0.223. The molecule has 0 radical (unpaired) electrons. The molecule has 0 spiro atoms. The topological polar surface area (TPSA) is 51.8 Å². The molecule has 0 atom stereocenters. The van der Waals surface area contributed by atoms with Gasteiger partial charge in [0, 0.05) is 5.56 Å². The summed E-state index contributed by atoms with van der Waals surface area (Å²) in [5.41, 5.74) is 6.19. The molecule has 0 fully saturated rings. The summed E-state index contributed by atoms with van der Waals surface area (Å²) in [6, 6.07) is 8.90. The fourth-order valence-electron chi connectivity index (χ4n) is 2.23. The lowest BCUT2D eigenvalue weighted by Crippen LogP contribution is -2.04. The number of halogens is 4. The molecule has 0 bridgehead atoms. The number of nitrogens with two attached hydrogens (primary N) is 1. The minimum atomic E-state index is -4.40. The first kappa shape index (κ1) is 15.9. The van der Waals surface area contributed by atoms with E-state index in [2.05, 4.69) is 9.97 Å². The molecule has 2 N–H and O–H groups in total. The van der Waals surface area contributed by atoms with Gasteiger partial charge in [-0.25, -0.2) is 9.37 Å². The van der Waals surface area contributed by atoms with Gasteiger partial charge in [-0.15, -0.1) is 0 Å². The molecule has 0 aliphatic heterocycles. The molecule has 3 rings (SSSR count). The maximum Gasteiger partial charge on any atom is 0.416 e. The average Bonchev–Trinajstić information content (AvgIpc) is 2.55. The van der Waals surface area contributed by atoms with E-state index in [0.29, 0.717) is 16.8 Å². The molecule has 0 saturated heterocycles.